The molecule has 43 heavy (non-hydrogen) atoms. The van der Waals surface area contributed by atoms with Crippen LogP contribution in [0.1, 0.15) is 68.1 Å². The highest BCUT2D eigenvalue weighted by Crippen LogP contribution is 2.23. The predicted octanol–water partition coefficient (Wildman–Crippen LogP) is 8.39. The minimum absolute atomic E-state index is 0.310. The number of rotatable bonds is 20. The Morgan fingerprint density at radius 1 is 0.535 bits per heavy atom. The minimum atomic E-state index is -0.310. The highest BCUT2D eigenvalue weighted by molar-refractivity contribution is 5.87. The number of unbranched alkanes of at least 4 members (excludes halogenated alkanes) is 6. The van der Waals surface area contributed by atoms with Gasteiger partial charge in [0.15, 0.2) is 0 Å². The van der Waals surface area contributed by atoms with Crippen molar-refractivity contribution in [3.63, 3.8) is 0 Å². The number of carbonyl (C=O) groups is 2. The Balaban J connectivity index is 1.17. The number of esters is 2. The van der Waals surface area contributed by atoms with Gasteiger partial charge in [0.25, 0.3) is 0 Å². The van der Waals surface area contributed by atoms with E-state index < -0.39 is 0 Å². The van der Waals surface area contributed by atoms with Crippen LogP contribution in [0, 0.1) is 6.92 Å². The molecule has 0 saturated heterocycles. The Kier molecular flexibility index (Phi) is 15.9. The van der Waals surface area contributed by atoms with Gasteiger partial charge in [0, 0.05) is 18.2 Å². The van der Waals surface area contributed by atoms with Crippen molar-refractivity contribution in [2.24, 2.45) is 0 Å². The molecule has 0 aliphatic heterocycles. The molecule has 6 nitrogen and oxygen atoms in total. The normalized spacial score (nSPS) is 11.1. The van der Waals surface area contributed by atoms with Crippen LogP contribution in [0.25, 0.3) is 12.2 Å². The van der Waals surface area contributed by atoms with Crippen molar-refractivity contribution >= 4 is 24.1 Å². The molecule has 228 valence electrons. The van der Waals surface area contributed by atoms with E-state index in [1.165, 1.54) is 12.2 Å². The van der Waals surface area contributed by atoms with Gasteiger partial charge in [0.1, 0.15) is 11.5 Å². The summed E-state index contributed by atoms with van der Waals surface area (Å²) < 4.78 is 22.5. The zero-order chi connectivity index (χ0) is 30.4. The van der Waals surface area contributed by atoms with Crippen LogP contribution in [0.3, 0.4) is 0 Å². The van der Waals surface area contributed by atoms with Crippen LogP contribution in [-0.4, -0.2) is 38.4 Å². The van der Waals surface area contributed by atoms with E-state index in [0.29, 0.717) is 26.4 Å². The van der Waals surface area contributed by atoms with E-state index in [9.17, 15) is 9.59 Å². The molecule has 0 radical (unpaired) electrons. The summed E-state index contributed by atoms with van der Waals surface area (Å²) in [5.41, 5.74) is 3.05. The zero-order valence-electron chi connectivity index (χ0n) is 25.2. The Hall–Kier alpha value is -4.32. The molecule has 6 heteroatoms. The highest BCUT2D eigenvalue weighted by Gasteiger charge is 2.03. The van der Waals surface area contributed by atoms with E-state index in [2.05, 4.69) is 0 Å². The molecule has 3 aromatic rings. The van der Waals surface area contributed by atoms with Gasteiger partial charge >= 0.3 is 11.9 Å². The first-order valence-corrected chi connectivity index (χ1v) is 15.3. The van der Waals surface area contributed by atoms with Gasteiger partial charge in [0.2, 0.25) is 0 Å². The number of aryl methyl sites for hydroxylation is 1. The number of ether oxygens (including phenoxy) is 4. The Morgan fingerprint density at radius 3 is 1.35 bits per heavy atom. The van der Waals surface area contributed by atoms with Crippen molar-refractivity contribution < 1.29 is 28.5 Å². The quantitative estimate of drug-likeness (QED) is 0.0755. The lowest BCUT2D eigenvalue weighted by molar-refractivity contribution is -0.138. The van der Waals surface area contributed by atoms with Crippen molar-refractivity contribution in [3.8, 4) is 11.5 Å². The van der Waals surface area contributed by atoms with E-state index in [1.54, 1.807) is 12.2 Å². The second-order valence-electron chi connectivity index (χ2n) is 10.3. The summed E-state index contributed by atoms with van der Waals surface area (Å²) in [4.78, 5) is 23.6. The van der Waals surface area contributed by atoms with Crippen molar-refractivity contribution in [1.82, 2.24) is 0 Å². The van der Waals surface area contributed by atoms with E-state index in [0.717, 1.165) is 79.6 Å². The molecule has 3 rings (SSSR count). The lowest BCUT2D eigenvalue weighted by Gasteiger charge is -2.11. The topological polar surface area (TPSA) is 71.1 Å². The lowest BCUT2D eigenvalue weighted by atomic mass is 10.2. The lowest BCUT2D eigenvalue weighted by Crippen LogP contribution is -2.03. The van der Waals surface area contributed by atoms with Crippen LogP contribution in [0.5, 0.6) is 11.5 Å². The molecule has 0 heterocycles. The molecule has 0 bridgehead atoms. The van der Waals surface area contributed by atoms with Gasteiger partial charge in [-0.25, -0.2) is 9.59 Å². The monoisotopic (exact) mass is 584 g/mol. The summed E-state index contributed by atoms with van der Waals surface area (Å²) in [5, 5.41) is 0. The zero-order valence-corrected chi connectivity index (χ0v) is 25.2. The number of hydrogen-bond acceptors (Lipinski definition) is 6. The van der Waals surface area contributed by atoms with Crippen LogP contribution in [-0.2, 0) is 19.1 Å². The average Bonchev–Trinajstić information content (AvgIpc) is 3.02. The van der Waals surface area contributed by atoms with Gasteiger partial charge in [-0.3, -0.25) is 0 Å². The maximum absolute atomic E-state index is 11.8. The van der Waals surface area contributed by atoms with Crippen LogP contribution in [0.15, 0.2) is 91.0 Å². The molecule has 0 unspecified atom stereocenters. The fraction of sp³-hybridized carbons (Fsp3) is 0.351. The molecule has 0 spiro atoms. The molecule has 0 N–H and O–H groups in total. The first-order valence-electron chi connectivity index (χ1n) is 15.3. The van der Waals surface area contributed by atoms with Crippen LogP contribution < -0.4 is 9.47 Å². The minimum Gasteiger partial charge on any atom is -0.493 e. The van der Waals surface area contributed by atoms with Gasteiger partial charge in [-0.1, -0.05) is 60.7 Å². The molecule has 0 saturated carbocycles. The summed E-state index contributed by atoms with van der Waals surface area (Å²) in [7, 11) is 0. The molecule has 0 aromatic heterocycles. The van der Waals surface area contributed by atoms with Crippen molar-refractivity contribution in [2.45, 2.75) is 58.3 Å². The third-order valence-electron chi connectivity index (χ3n) is 6.55. The third-order valence-corrected chi connectivity index (χ3v) is 6.55. The van der Waals surface area contributed by atoms with E-state index in [1.807, 2.05) is 85.8 Å². The largest absolute Gasteiger partial charge is 0.493 e. The molecule has 0 aliphatic carbocycles. The summed E-state index contributed by atoms with van der Waals surface area (Å²) >= 11 is 0. The molecular weight excluding hydrogens is 540 g/mol. The second-order valence-corrected chi connectivity index (χ2v) is 10.3. The van der Waals surface area contributed by atoms with Crippen molar-refractivity contribution in [3.05, 3.63) is 108 Å². The molecule has 0 amide bonds. The molecule has 3 aromatic carbocycles. The summed E-state index contributed by atoms with van der Waals surface area (Å²) in [6, 6.07) is 25.4. The van der Waals surface area contributed by atoms with Gasteiger partial charge in [-0.2, -0.15) is 0 Å². The molecule has 0 fully saturated rings. The maximum Gasteiger partial charge on any atom is 0.330 e. The second kappa shape index (κ2) is 20.5. The molecule has 0 aliphatic rings. The first kappa shape index (κ1) is 33.2. The van der Waals surface area contributed by atoms with E-state index >= 15 is 0 Å². The average molecular weight is 585 g/mol. The Labute approximate surface area is 256 Å². The summed E-state index contributed by atoms with van der Waals surface area (Å²) in [6.07, 6.45) is 14.0. The fourth-order valence-electron chi connectivity index (χ4n) is 4.27. The van der Waals surface area contributed by atoms with Gasteiger partial charge in [-0.15, -0.1) is 0 Å². The fourth-order valence-corrected chi connectivity index (χ4v) is 4.27. The third kappa shape index (κ3) is 15.5. The van der Waals surface area contributed by atoms with Crippen molar-refractivity contribution in [1.29, 1.82) is 0 Å². The standard InChI is InChI=1S/C37H44O6/c1-31-28-34(40-24-12-2-4-14-26-42-36(38)22-20-32-16-8-6-9-17-32)30-35(29-31)41-25-13-3-5-15-27-43-37(39)23-21-33-18-10-7-11-19-33/h6-11,16-23,28-30H,2-5,12-15,24-27H2,1H3/b22-20+,23-21+. The van der Waals surface area contributed by atoms with Crippen LogP contribution in [0.2, 0.25) is 0 Å². The number of hydrogen-bond donors (Lipinski definition) is 0. The predicted molar refractivity (Wildman–Crippen MR) is 172 cm³/mol. The van der Waals surface area contributed by atoms with Crippen LogP contribution >= 0.6 is 0 Å². The first-order chi connectivity index (χ1) is 21.1. The molecular formula is C37H44O6. The summed E-state index contributed by atoms with van der Waals surface area (Å²) in [5.74, 6) is 1.01. The van der Waals surface area contributed by atoms with E-state index in [-0.39, 0.29) is 11.9 Å². The molecule has 0 atom stereocenters. The SMILES string of the molecule is Cc1cc(OCCCCCCOC(=O)/C=C/c2ccccc2)cc(OCCCCCCOC(=O)/C=C/c2ccccc2)c1. The van der Waals surface area contributed by atoms with Crippen LogP contribution in [0.4, 0.5) is 0 Å². The Bertz CT molecular complexity index is 1170. The summed E-state index contributed by atoms with van der Waals surface area (Å²) in [6.45, 7) is 4.16. The van der Waals surface area contributed by atoms with Gasteiger partial charge < -0.3 is 18.9 Å². The highest BCUT2D eigenvalue weighted by atomic mass is 16.5. The maximum atomic E-state index is 11.8. The number of carbonyl (C=O) groups excluding carboxylic acids is 2. The van der Waals surface area contributed by atoms with Gasteiger partial charge in [0.05, 0.1) is 26.4 Å². The smallest absolute Gasteiger partial charge is 0.330 e. The van der Waals surface area contributed by atoms with Crippen molar-refractivity contribution in [2.75, 3.05) is 26.4 Å². The Morgan fingerprint density at radius 2 is 0.930 bits per heavy atom. The van der Waals surface area contributed by atoms with E-state index in [4.69, 9.17) is 18.9 Å². The van der Waals surface area contributed by atoms with Gasteiger partial charge in [-0.05, 0) is 99.3 Å². The number of benzene rings is 3.